The quantitative estimate of drug-likeness (QED) is 0.127. The van der Waals surface area contributed by atoms with E-state index in [2.05, 4.69) is 266 Å². The molecule has 314 valence electrons. The van der Waals surface area contributed by atoms with E-state index in [-0.39, 0.29) is 10.8 Å². The highest BCUT2D eigenvalue weighted by atomic mass is 15.1. The predicted molar refractivity (Wildman–Crippen MR) is 274 cm³/mol. The maximum absolute atomic E-state index is 2.47. The van der Waals surface area contributed by atoms with E-state index in [4.69, 9.17) is 0 Å². The average molecular weight is 837 g/mol. The van der Waals surface area contributed by atoms with Gasteiger partial charge >= 0.3 is 0 Å². The highest BCUT2D eigenvalue weighted by Gasteiger charge is 2.38. The minimum Gasteiger partial charge on any atom is -0.310 e. The lowest BCUT2D eigenvalue weighted by molar-refractivity contribution is 0.530. The first kappa shape index (κ1) is 40.1. The molecule has 0 N–H and O–H groups in total. The molecule has 9 aromatic carbocycles. The number of para-hydroxylation sites is 3. The van der Waals surface area contributed by atoms with E-state index >= 15 is 0 Å². The molecule has 0 bridgehead atoms. The SMILES string of the molecule is CC1(C)c2cc(N(c3ccccc3)c3ccc(C4(c5ccc(N(c6ccccc6)c6ccccc6-c6ccccc6)cc5)C=CCCC4)cc3)ccc2-c2c(-c3ccccc3)cccc21. The van der Waals surface area contributed by atoms with Gasteiger partial charge in [0.15, 0.2) is 0 Å². The van der Waals surface area contributed by atoms with E-state index in [0.717, 1.165) is 53.4 Å². The van der Waals surface area contributed by atoms with Gasteiger partial charge in [-0.2, -0.15) is 0 Å². The molecular weight excluding hydrogens is 785 g/mol. The van der Waals surface area contributed by atoms with Gasteiger partial charge in [0.05, 0.1) is 5.69 Å². The molecule has 0 aromatic heterocycles. The van der Waals surface area contributed by atoms with Crippen LogP contribution in [0, 0.1) is 0 Å². The minimum absolute atomic E-state index is 0.156. The molecule has 2 aliphatic carbocycles. The lowest BCUT2D eigenvalue weighted by Crippen LogP contribution is -2.27. The van der Waals surface area contributed by atoms with E-state index < -0.39 is 0 Å². The van der Waals surface area contributed by atoms with Gasteiger partial charge in [-0.3, -0.25) is 0 Å². The van der Waals surface area contributed by atoms with E-state index in [0.29, 0.717) is 0 Å². The van der Waals surface area contributed by atoms with Crippen molar-refractivity contribution in [2.24, 2.45) is 0 Å². The van der Waals surface area contributed by atoms with Gasteiger partial charge in [-0.25, -0.2) is 0 Å². The fourth-order valence-corrected chi connectivity index (χ4v) is 10.7. The lowest BCUT2D eigenvalue weighted by Gasteiger charge is -2.36. The summed E-state index contributed by atoms with van der Waals surface area (Å²) in [6, 6.07) is 84.5. The van der Waals surface area contributed by atoms with Crippen LogP contribution in [0.25, 0.3) is 33.4 Å². The Kier molecular flexibility index (Phi) is 10.4. The lowest BCUT2D eigenvalue weighted by atomic mass is 9.69. The number of rotatable bonds is 10. The van der Waals surface area contributed by atoms with Crippen molar-refractivity contribution in [3.63, 3.8) is 0 Å². The van der Waals surface area contributed by atoms with Crippen molar-refractivity contribution in [2.75, 3.05) is 9.80 Å². The van der Waals surface area contributed by atoms with Crippen molar-refractivity contribution < 1.29 is 0 Å². The smallest absolute Gasteiger partial charge is 0.0540 e. The molecule has 2 nitrogen and oxygen atoms in total. The normalized spacial score (nSPS) is 15.8. The summed E-state index contributed by atoms with van der Waals surface area (Å²) in [6.45, 7) is 4.76. The molecule has 11 rings (SSSR count). The summed E-state index contributed by atoms with van der Waals surface area (Å²) in [4.78, 5) is 4.81. The van der Waals surface area contributed by atoms with Crippen molar-refractivity contribution in [3.8, 4) is 33.4 Å². The molecule has 2 heteroatoms. The number of nitrogens with zero attached hydrogens (tertiary/aromatic N) is 2. The van der Waals surface area contributed by atoms with Crippen LogP contribution in [0.5, 0.6) is 0 Å². The summed E-state index contributed by atoms with van der Waals surface area (Å²) in [5, 5.41) is 0. The molecule has 0 saturated heterocycles. The molecule has 0 amide bonds. The third-order valence-electron chi connectivity index (χ3n) is 13.9. The Morgan fingerprint density at radius 3 is 1.48 bits per heavy atom. The molecule has 0 radical (unpaired) electrons. The van der Waals surface area contributed by atoms with Crippen molar-refractivity contribution in [3.05, 3.63) is 265 Å². The van der Waals surface area contributed by atoms with Gasteiger partial charge in [-0.1, -0.05) is 190 Å². The van der Waals surface area contributed by atoms with Crippen LogP contribution in [-0.4, -0.2) is 0 Å². The van der Waals surface area contributed by atoms with Crippen LogP contribution in [0.3, 0.4) is 0 Å². The summed E-state index contributed by atoms with van der Waals surface area (Å²) in [5.41, 5.74) is 19.4. The molecule has 1 unspecified atom stereocenters. The van der Waals surface area contributed by atoms with Crippen molar-refractivity contribution in [1.29, 1.82) is 0 Å². The average Bonchev–Trinajstić information content (AvgIpc) is 3.61. The van der Waals surface area contributed by atoms with E-state index in [1.54, 1.807) is 0 Å². The zero-order valence-electron chi connectivity index (χ0n) is 37.1. The van der Waals surface area contributed by atoms with Gasteiger partial charge < -0.3 is 9.80 Å². The first-order valence-electron chi connectivity index (χ1n) is 23.1. The first-order valence-corrected chi connectivity index (χ1v) is 23.1. The molecule has 0 fully saturated rings. The Bertz CT molecular complexity index is 3120. The van der Waals surface area contributed by atoms with Crippen LogP contribution in [0.4, 0.5) is 34.1 Å². The van der Waals surface area contributed by atoms with Crippen molar-refractivity contribution in [1.82, 2.24) is 0 Å². The number of hydrogen-bond acceptors (Lipinski definition) is 2. The molecule has 0 saturated carbocycles. The fourth-order valence-electron chi connectivity index (χ4n) is 10.7. The van der Waals surface area contributed by atoms with Crippen molar-refractivity contribution in [2.45, 2.75) is 43.9 Å². The number of fused-ring (bicyclic) bond motifs is 3. The van der Waals surface area contributed by atoms with E-state index in [1.165, 1.54) is 55.6 Å². The third-order valence-corrected chi connectivity index (χ3v) is 13.9. The second-order valence-electron chi connectivity index (χ2n) is 18.0. The Balaban J connectivity index is 0.965. The van der Waals surface area contributed by atoms with Crippen LogP contribution >= 0.6 is 0 Å². The Labute approximate surface area is 384 Å². The number of allylic oxidation sites excluding steroid dienone is 2. The Morgan fingerprint density at radius 2 is 0.877 bits per heavy atom. The van der Waals surface area contributed by atoms with Crippen LogP contribution in [0.1, 0.15) is 55.4 Å². The van der Waals surface area contributed by atoms with E-state index in [9.17, 15) is 0 Å². The summed E-state index contributed by atoms with van der Waals surface area (Å²) in [5.74, 6) is 0. The molecular formula is C63H52N2. The zero-order valence-corrected chi connectivity index (χ0v) is 37.1. The summed E-state index contributed by atoms with van der Waals surface area (Å²) >= 11 is 0. The Morgan fingerprint density at radius 1 is 0.385 bits per heavy atom. The minimum atomic E-state index is -0.244. The maximum atomic E-state index is 2.47. The summed E-state index contributed by atoms with van der Waals surface area (Å²) in [7, 11) is 0. The standard InChI is InChI=1S/C63H52N2/c1-62(2)58-31-20-30-56(47-23-10-4-11-24-47)61(58)57-42-41-54(45-59(57)62)64(50-25-12-5-13-26-50)52-37-33-48(34-38-52)63(43-18-7-19-44-63)49-35-39-53(40-36-49)65(51-27-14-6-15-28-51)60-32-17-16-29-55(60)46-21-8-3-9-22-46/h3-6,8-18,20-43,45H,7,19,44H2,1-2H3. The fraction of sp³-hybridized carbons (Fsp3) is 0.111. The topological polar surface area (TPSA) is 6.48 Å². The Hall–Kier alpha value is -7.68. The van der Waals surface area contributed by atoms with Crippen LogP contribution < -0.4 is 9.80 Å². The second-order valence-corrected chi connectivity index (χ2v) is 18.0. The first-order chi connectivity index (χ1) is 32.0. The van der Waals surface area contributed by atoms with Gasteiger partial charge in [-0.15, -0.1) is 0 Å². The molecule has 65 heavy (non-hydrogen) atoms. The van der Waals surface area contributed by atoms with Crippen LogP contribution in [-0.2, 0) is 10.8 Å². The highest BCUT2D eigenvalue weighted by molar-refractivity contribution is 5.94. The van der Waals surface area contributed by atoms with Gasteiger partial charge in [0.2, 0.25) is 0 Å². The van der Waals surface area contributed by atoms with Crippen LogP contribution in [0.15, 0.2) is 243 Å². The molecule has 2 aliphatic rings. The number of anilines is 6. The summed E-state index contributed by atoms with van der Waals surface area (Å²) < 4.78 is 0. The number of benzene rings is 9. The zero-order chi connectivity index (χ0) is 43.8. The van der Waals surface area contributed by atoms with Gasteiger partial charge in [0.1, 0.15) is 0 Å². The molecule has 0 aliphatic heterocycles. The largest absolute Gasteiger partial charge is 0.310 e. The highest BCUT2D eigenvalue weighted by Crippen LogP contribution is 2.54. The monoisotopic (exact) mass is 836 g/mol. The summed E-state index contributed by atoms with van der Waals surface area (Å²) in [6.07, 6.45) is 8.15. The van der Waals surface area contributed by atoms with E-state index in [1.807, 2.05) is 0 Å². The number of hydrogen-bond donors (Lipinski definition) is 0. The molecule has 0 heterocycles. The van der Waals surface area contributed by atoms with Gasteiger partial charge in [-0.05, 0) is 136 Å². The van der Waals surface area contributed by atoms with Gasteiger partial charge in [0.25, 0.3) is 0 Å². The molecule has 9 aromatic rings. The molecule has 1 atom stereocenters. The third kappa shape index (κ3) is 7.16. The predicted octanol–water partition coefficient (Wildman–Crippen LogP) is 17.3. The van der Waals surface area contributed by atoms with Crippen LogP contribution in [0.2, 0.25) is 0 Å². The van der Waals surface area contributed by atoms with Crippen molar-refractivity contribution >= 4 is 34.1 Å². The van der Waals surface area contributed by atoms with Gasteiger partial charge in [0, 0.05) is 44.8 Å². The molecule has 0 spiro atoms. The maximum Gasteiger partial charge on any atom is 0.0540 e. The second kappa shape index (κ2) is 16.8.